The molecule has 0 radical (unpaired) electrons. The fraction of sp³-hybridized carbons (Fsp3) is 0.333. The molecule has 0 saturated heterocycles. The molecule has 1 rings (SSSR count). The zero-order chi connectivity index (χ0) is 14.2. The minimum absolute atomic E-state index is 0.226. The molecule has 0 unspecified atom stereocenters. The van der Waals surface area contributed by atoms with Gasteiger partial charge in [0.05, 0.1) is 0 Å². The zero-order valence-corrected chi connectivity index (χ0v) is 11.3. The van der Waals surface area contributed by atoms with Crippen molar-refractivity contribution in [2.75, 3.05) is 0 Å². The van der Waals surface area contributed by atoms with Crippen molar-refractivity contribution in [1.29, 1.82) is 0 Å². The molecule has 0 amide bonds. The zero-order valence-electron chi connectivity index (χ0n) is 9.46. The molecule has 7 nitrogen and oxygen atoms in total. The smallest absolute Gasteiger partial charge is 0.367 e. The Hall–Kier alpha value is -0.520. The van der Waals surface area contributed by atoms with Crippen molar-refractivity contribution in [3.63, 3.8) is 0 Å². The Morgan fingerprint density at radius 3 is 2.00 bits per heavy atom. The molecule has 1 aromatic rings. The van der Waals surface area contributed by atoms with Crippen LogP contribution in [0.25, 0.3) is 0 Å². The van der Waals surface area contributed by atoms with E-state index in [0.29, 0.717) is 0 Å². The predicted octanol–water partition coefficient (Wildman–Crippen LogP) is 0.539. The minimum atomic E-state index is -5.40. The number of hydrogen-bond donors (Lipinski definition) is 5. The average Bonchev–Trinajstić information content (AvgIpc) is 2.13. The van der Waals surface area contributed by atoms with Crippen molar-refractivity contribution >= 4 is 15.2 Å². The molecule has 0 aliphatic rings. The summed E-state index contributed by atoms with van der Waals surface area (Å²) in [6.45, 7) is 1.71. The van der Waals surface area contributed by atoms with Crippen molar-refractivity contribution in [3.05, 3.63) is 35.4 Å². The van der Waals surface area contributed by atoms with Gasteiger partial charge in [0, 0.05) is 6.42 Å². The van der Waals surface area contributed by atoms with Crippen molar-refractivity contribution in [1.82, 2.24) is 0 Å². The summed E-state index contributed by atoms with van der Waals surface area (Å²) in [4.78, 5) is 35.9. The second kappa shape index (κ2) is 4.87. The third-order valence-corrected chi connectivity index (χ3v) is 6.20. The first-order chi connectivity index (χ1) is 7.97. The molecule has 0 saturated carbocycles. The van der Waals surface area contributed by atoms with Gasteiger partial charge in [-0.05, 0) is 12.5 Å². The van der Waals surface area contributed by atoms with Crippen molar-refractivity contribution in [2.24, 2.45) is 0 Å². The van der Waals surface area contributed by atoms with Gasteiger partial charge in [0.2, 0.25) is 0 Å². The number of benzene rings is 1. The van der Waals surface area contributed by atoms with Crippen LogP contribution in [-0.2, 0) is 15.6 Å². The predicted molar refractivity (Wildman–Crippen MR) is 63.9 cm³/mol. The normalized spacial score (nSPS) is 13.7. The minimum Gasteiger partial charge on any atom is -0.367 e. The molecule has 0 atom stereocenters. The average molecular weight is 296 g/mol. The Bertz CT molecular complexity index is 507. The Labute approximate surface area is 103 Å². The molecule has 1 aromatic carbocycles. The van der Waals surface area contributed by atoms with Crippen LogP contribution in [-0.4, -0.2) is 29.8 Å². The van der Waals surface area contributed by atoms with Crippen LogP contribution in [0.15, 0.2) is 24.3 Å². The molecular formula is C9H14O7P2. The molecule has 18 heavy (non-hydrogen) atoms. The van der Waals surface area contributed by atoms with Crippen molar-refractivity contribution < 1.29 is 33.8 Å². The Kier molecular flexibility index (Phi) is 4.20. The van der Waals surface area contributed by atoms with Crippen molar-refractivity contribution in [3.8, 4) is 0 Å². The van der Waals surface area contributed by atoms with E-state index in [2.05, 4.69) is 0 Å². The van der Waals surface area contributed by atoms with Crippen LogP contribution in [0.3, 0.4) is 0 Å². The van der Waals surface area contributed by atoms with E-state index in [9.17, 15) is 14.2 Å². The third-order valence-electron chi connectivity index (χ3n) is 2.46. The molecule has 0 aromatic heterocycles. The van der Waals surface area contributed by atoms with E-state index in [1.54, 1.807) is 19.1 Å². The summed E-state index contributed by atoms with van der Waals surface area (Å²) in [7, 11) is -10.8. The summed E-state index contributed by atoms with van der Waals surface area (Å²) in [5.74, 6) is 0. The third kappa shape index (κ3) is 3.08. The molecule has 0 fully saturated rings. The summed E-state index contributed by atoms with van der Waals surface area (Å²) in [6, 6.07) is 6.17. The molecule has 5 N–H and O–H groups in total. The lowest BCUT2D eigenvalue weighted by molar-refractivity contribution is 0.131. The van der Waals surface area contributed by atoms with E-state index in [4.69, 9.17) is 19.6 Å². The molecular weight excluding hydrogens is 282 g/mol. The topological polar surface area (TPSA) is 135 Å². The maximum absolute atomic E-state index is 11.1. The highest BCUT2D eigenvalue weighted by molar-refractivity contribution is 7.72. The molecule has 102 valence electrons. The van der Waals surface area contributed by atoms with Gasteiger partial charge in [-0.1, -0.05) is 29.8 Å². The monoisotopic (exact) mass is 296 g/mol. The number of aliphatic hydroxyl groups is 1. The standard InChI is InChI=1S/C9H14O7P2/c1-7-3-2-4-8(5-7)6-9(10,17(11,12)13)18(14,15)16/h2-5,10H,6H2,1H3,(H2,11,12,13)(H2,14,15,16). The van der Waals surface area contributed by atoms with Crippen LogP contribution in [0.4, 0.5) is 0 Å². The first-order valence-electron chi connectivity index (χ1n) is 4.86. The first kappa shape index (κ1) is 15.5. The lowest BCUT2D eigenvalue weighted by atomic mass is 10.1. The summed E-state index contributed by atoms with van der Waals surface area (Å²) >= 11 is 0. The molecule has 0 aliphatic carbocycles. The molecule has 0 spiro atoms. The van der Waals surface area contributed by atoms with Gasteiger partial charge in [-0.25, -0.2) is 0 Å². The van der Waals surface area contributed by atoms with Gasteiger partial charge >= 0.3 is 15.2 Å². The van der Waals surface area contributed by atoms with Gasteiger partial charge in [-0.2, -0.15) is 0 Å². The largest absolute Gasteiger partial charge is 0.369 e. The van der Waals surface area contributed by atoms with E-state index in [0.717, 1.165) is 5.56 Å². The van der Waals surface area contributed by atoms with E-state index >= 15 is 0 Å². The van der Waals surface area contributed by atoms with Crippen LogP contribution >= 0.6 is 15.2 Å². The summed E-state index contributed by atoms with van der Waals surface area (Å²) in [6.07, 6.45) is -0.830. The maximum atomic E-state index is 11.1. The lowest BCUT2D eigenvalue weighted by Crippen LogP contribution is -2.31. The van der Waals surface area contributed by atoms with E-state index < -0.39 is 26.7 Å². The van der Waals surface area contributed by atoms with E-state index in [1.807, 2.05) is 0 Å². The van der Waals surface area contributed by atoms with Gasteiger partial charge in [-0.15, -0.1) is 0 Å². The lowest BCUT2D eigenvalue weighted by Gasteiger charge is -2.29. The van der Waals surface area contributed by atoms with E-state index in [-0.39, 0.29) is 5.56 Å². The summed E-state index contributed by atoms with van der Waals surface area (Å²) < 4.78 is 22.3. The van der Waals surface area contributed by atoms with Crippen LogP contribution in [0.2, 0.25) is 0 Å². The quantitative estimate of drug-likeness (QED) is 0.511. The highest BCUT2D eigenvalue weighted by Crippen LogP contribution is 2.68. The summed E-state index contributed by atoms with van der Waals surface area (Å²) in [5, 5.41) is 6.31. The SMILES string of the molecule is Cc1cccc(CC(O)(P(=O)(O)O)P(=O)(O)O)c1. The Balaban J connectivity index is 3.25. The Morgan fingerprint density at radius 2 is 1.61 bits per heavy atom. The molecule has 0 bridgehead atoms. The van der Waals surface area contributed by atoms with Gasteiger partial charge < -0.3 is 24.7 Å². The fourth-order valence-corrected chi connectivity index (χ4v) is 3.61. The van der Waals surface area contributed by atoms with Crippen LogP contribution in [0.5, 0.6) is 0 Å². The molecule has 0 aliphatic heterocycles. The van der Waals surface area contributed by atoms with Gasteiger partial charge in [0.1, 0.15) is 0 Å². The van der Waals surface area contributed by atoms with Gasteiger partial charge in [0.15, 0.2) is 0 Å². The van der Waals surface area contributed by atoms with Crippen LogP contribution in [0.1, 0.15) is 11.1 Å². The Morgan fingerprint density at radius 1 is 1.11 bits per heavy atom. The summed E-state index contributed by atoms with van der Waals surface area (Å²) in [5.41, 5.74) is 0.968. The molecule has 9 heteroatoms. The van der Waals surface area contributed by atoms with Crippen LogP contribution in [0, 0.1) is 6.92 Å². The fourth-order valence-electron chi connectivity index (χ4n) is 1.47. The molecule has 0 heterocycles. The first-order valence-corrected chi connectivity index (χ1v) is 8.09. The van der Waals surface area contributed by atoms with Crippen LogP contribution < -0.4 is 0 Å². The van der Waals surface area contributed by atoms with E-state index in [1.165, 1.54) is 12.1 Å². The highest BCUT2D eigenvalue weighted by atomic mass is 31.2. The number of aryl methyl sites for hydroxylation is 1. The highest BCUT2D eigenvalue weighted by Gasteiger charge is 2.59. The number of rotatable bonds is 4. The second-order valence-electron chi connectivity index (χ2n) is 4.03. The van der Waals surface area contributed by atoms with Crippen molar-refractivity contribution in [2.45, 2.75) is 18.4 Å². The second-order valence-corrected chi connectivity index (χ2v) is 8.04. The van der Waals surface area contributed by atoms with Gasteiger partial charge in [-0.3, -0.25) is 9.13 Å². The van der Waals surface area contributed by atoms with Gasteiger partial charge in [0.25, 0.3) is 5.08 Å². The maximum Gasteiger partial charge on any atom is 0.369 e. The number of hydrogen-bond acceptors (Lipinski definition) is 3.